The Bertz CT molecular complexity index is 1430. The third-order valence-corrected chi connectivity index (χ3v) is 6.78. The average molecular weight is 526 g/mol. The smallest absolute Gasteiger partial charge is 0.350 e. The Hall–Kier alpha value is -3.72. The molecule has 9 heteroatoms. The second-order valence-electron chi connectivity index (χ2n) is 8.72. The number of hydrogen-bond donors (Lipinski definition) is 2. The molecule has 1 aromatic heterocycles. The fourth-order valence-electron chi connectivity index (χ4n) is 4.18. The van der Waals surface area contributed by atoms with E-state index in [4.69, 9.17) is 0 Å². The topological polar surface area (TPSA) is 63.1 Å². The summed E-state index contributed by atoms with van der Waals surface area (Å²) < 4.78 is 41.7. The minimum Gasteiger partial charge on any atom is -0.350 e. The average Bonchev–Trinajstić information content (AvgIpc) is 3.19. The third-order valence-electron chi connectivity index (χ3n) is 5.74. The Labute approximate surface area is 217 Å². The molecule has 0 fully saturated rings. The highest BCUT2D eigenvalue weighted by molar-refractivity contribution is 8.00. The van der Waals surface area contributed by atoms with Crippen LogP contribution >= 0.6 is 11.8 Å². The zero-order valence-corrected chi connectivity index (χ0v) is 21.2. The van der Waals surface area contributed by atoms with Gasteiger partial charge >= 0.3 is 6.18 Å². The summed E-state index contributed by atoms with van der Waals surface area (Å²) in [4.78, 5) is 25.9. The maximum Gasteiger partial charge on any atom is 0.418 e. The lowest BCUT2D eigenvalue weighted by molar-refractivity contribution is -0.137. The molecular weight excluding hydrogens is 499 g/mol. The van der Waals surface area contributed by atoms with Gasteiger partial charge in [0, 0.05) is 40.6 Å². The van der Waals surface area contributed by atoms with Crippen LogP contribution in [0.5, 0.6) is 0 Å². The van der Waals surface area contributed by atoms with Crippen molar-refractivity contribution in [3.8, 4) is 0 Å². The number of alkyl halides is 3. The number of fused-ring (bicyclic) bond motifs is 1. The van der Waals surface area contributed by atoms with E-state index in [0.717, 1.165) is 33.0 Å². The van der Waals surface area contributed by atoms with Crippen LogP contribution in [-0.2, 0) is 17.5 Å². The molecule has 5 nitrogen and oxygen atoms in total. The molecule has 0 radical (unpaired) electrons. The predicted molar refractivity (Wildman–Crippen MR) is 141 cm³/mol. The number of carbonyl (C=O) groups is 2. The summed E-state index contributed by atoms with van der Waals surface area (Å²) in [7, 11) is 0. The summed E-state index contributed by atoms with van der Waals surface area (Å²) >= 11 is 1.25. The number of benzene rings is 3. The van der Waals surface area contributed by atoms with Crippen molar-refractivity contribution in [3.63, 3.8) is 0 Å². The first-order valence-corrected chi connectivity index (χ1v) is 12.6. The number of rotatable bonds is 8. The van der Waals surface area contributed by atoms with Crippen molar-refractivity contribution < 1.29 is 22.8 Å². The van der Waals surface area contributed by atoms with E-state index in [0.29, 0.717) is 18.7 Å². The monoisotopic (exact) mass is 525 g/mol. The highest BCUT2D eigenvalue weighted by Crippen LogP contribution is 2.35. The summed E-state index contributed by atoms with van der Waals surface area (Å²) in [5.41, 5.74) is 2.45. The minimum absolute atomic E-state index is 0.0519. The molecule has 1 heterocycles. The van der Waals surface area contributed by atoms with E-state index in [-0.39, 0.29) is 17.3 Å². The number of halogens is 3. The standard InChI is InChI=1S/C28H26F3N3O2S/c1-18-13-19(2)15-20(14-18)27(36)32-11-12-34-16-25(21-7-3-6-10-24(21)34)37-17-26(35)33-23-9-5-4-8-22(23)28(29,30)31/h3-10,13-16H,11-12,17H2,1-2H3,(H,32,36)(H,33,35). The van der Waals surface area contributed by atoms with Crippen LogP contribution in [0.1, 0.15) is 27.0 Å². The van der Waals surface area contributed by atoms with Crippen molar-refractivity contribution in [2.24, 2.45) is 0 Å². The molecule has 3 aromatic carbocycles. The van der Waals surface area contributed by atoms with E-state index in [1.807, 2.05) is 67.1 Å². The summed E-state index contributed by atoms with van der Waals surface area (Å²) in [6.45, 7) is 4.82. The van der Waals surface area contributed by atoms with E-state index >= 15 is 0 Å². The maximum absolute atomic E-state index is 13.2. The quantitative estimate of drug-likeness (QED) is 0.260. The summed E-state index contributed by atoms with van der Waals surface area (Å²) in [5, 5.41) is 6.25. The van der Waals surface area contributed by atoms with Gasteiger partial charge in [-0.25, -0.2) is 0 Å². The first-order valence-electron chi connectivity index (χ1n) is 11.6. The second kappa shape index (κ2) is 11.1. The van der Waals surface area contributed by atoms with Crippen LogP contribution in [0.15, 0.2) is 77.8 Å². The van der Waals surface area contributed by atoms with E-state index in [1.54, 1.807) is 0 Å². The minimum atomic E-state index is -4.56. The first kappa shape index (κ1) is 26.3. The van der Waals surface area contributed by atoms with Crippen molar-refractivity contribution in [2.45, 2.75) is 31.5 Å². The Morgan fingerprint density at radius 3 is 2.35 bits per heavy atom. The van der Waals surface area contributed by atoms with Gasteiger partial charge in [0.05, 0.1) is 17.0 Å². The van der Waals surface area contributed by atoms with Gasteiger partial charge in [0.1, 0.15) is 0 Å². The van der Waals surface area contributed by atoms with Crippen molar-refractivity contribution in [2.75, 3.05) is 17.6 Å². The SMILES string of the molecule is Cc1cc(C)cc(C(=O)NCCn2cc(SCC(=O)Nc3ccccc3C(F)(F)F)c3ccccc32)c1. The molecule has 0 saturated carbocycles. The van der Waals surface area contributed by atoms with Crippen LogP contribution < -0.4 is 10.6 Å². The van der Waals surface area contributed by atoms with Gasteiger partial charge in [-0.1, -0.05) is 47.5 Å². The maximum atomic E-state index is 13.2. The van der Waals surface area contributed by atoms with Crippen LogP contribution in [-0.4, -0.2) is 28.7 Å². The van der Waals surface area contributed by atoms with Gasteiger partial charge in [0.25, 0.3) is 5.91 Å². The number of aromatic nitrogens is 1. The third kappa shape index (κ3) is 6.54. The van der Waals surface area contributed by atoms with Crippen molar-refractivity contribution in [3.05, 3.63) is 95.2 Å². The van der Waals surface area contributed by atoms with Gasteiger partial charge in [-0.3, -0.25) is 9.59 Å². The van der Waals surface area contributed by atoms with Gasteiger partial charge in [-0.05, 0) is 44.2 Å². The molecule has 4 rings (SSSR count). The van der Waals surface area contributed by atoms with E-state index < -0.39 is 17.6 Å². The Morgan fingerprint density at radius 2 is 1.62 bits per heavy atom. The van der Waals surface area contributed by atoms with Crippen LogP contribution in [0.2, 0.25) is 0 Å². The number of nitrogens with zero attached hydrogens (tertiary/aromatic N) is 1. The zero-order chi connectivity index (χ0) is 26.6. The van der Waals surface area contributed by atoms with Gasteiger partial charge in [-0.2, -0.15) is 13.2 Å². The number of anilines is 1. The number of aryl methyl sites for hydroxylation is 2. The second-order valence-corrected chi connectivity index (χ2v) is 9.73. The number of thioether (sulfide) groups is 1. The van der Waals surface area contributed by atoms with E-state index in [1.165, 1.54) is 30.0 Å². The molecule has 2 N–H and O–H groups in total. The van der Waals surface area contributed by atoms with Gasteiger partial charge in [0.2, 0.25) is 5.91 Å². The fraction of sp³-hybridized carbons (Fsp3) is 0.214. The van der Waals surface area contributed by atoms with Crippen molar-refractivity contribution in [1.82, 2.24) is 9.88 Å². The molecular formula is C28H26F3N3O2S. The van der Waals surface area contributed by atoms with Gasteiger partial charge in [-0.15, -0.1) is 11.8 Å². The van der Waals surface area contributed by atoms with Crippen molar-refractivity contribution >= 4 is 40.2 Å². The number of amides is 2. The Kier molecular flexibility index (Phi) is 7.92. The molecule has 0 aliphatic carbocycles. The molecule has 192 valence electrons. The molecule has 37 heavy (non-hydrogen) atoms. The Morgan fingerprint density at radius 1 is 0.946 bits per heavy atom. The van der Waals surface area contributed by atoms with Crippen LogP contribution in [0.3, 0.4) is 0 Å². The van der Waals surface area contributed by atoms with E-state index in [2.05, 4.69) is 10.6 Å². The predicted octanol–water partition coefficient (Wildman–Crippen LogP) is 6.44. The lowest BCUT2D eigenvalue weighted by Crippen LogP contribution is -2.27. The number of hydrogen-bond acceptors (Lipinski definition) is 3. The van der Waals surface area contributed by atoms with E-state index in [9.17, 15) is 22.8 Å². The molecule has 0 bridgehead atoms. The molecule has 0 atom stereocenters. The molecule has 0 spiro atoms. The van der Waals surface area contributed by atoms with Crippen molar-refractivity contribution in [1.29, 1.82) is 0 Å². The molecule has 0 aliphatic heterocycles. The van der Waals surface area contributed by atoms with Crippen LogP contribution in [0.4, 0.5) is 18.9 Å². The lowest BCUT2D eigenvalue weighted by atomic mass is 10.1. The number of para-hydroxylation sites is 2. The zero-order valence-electron chi connectivity index (χ0n) is 20.4. The summed E-state index contributed by atoms with van der Waals surface area (Å²) in [6.07, 6.45) is -2.66. The Balaban J connectivity index is 1.41. The number of nitrogens with one attached hydrogen (secondary N) is 2. The molecule has 0 aliphatic rings. The lowest BCUT2D eigenvalue weighted by Gasteiger charge is -2.13. The normalized spacial score (nSPS) is 11.5. The highest BCUT2D eigenvalue weighted by Gasteiger charge is 2.33. The first-order chi connectivity index (χ1) is 17.6. The highest BCUT2D eigenvalue weighted by atomic mass is 32.2. The van der Waals surface area contributed by atoms with Gasteiger partial charge in [0.15, 0.2) is 0 Å². The van der Waals surface area contributed by atoms with Gasteiger partial charge < -0.3 is 15.2 Å². The van der Waals surface area contributed by atoms with Crippen LogP contribution in [0, 0.1) is 13.8 Å². The molecule has 2 amide bonds. The number of carbonyl (C=O) groups excluding carboxylic acids is 2. The van der Waals surface area contributed by atoms with Crippen LogP contribution in [0.25, 0.3) is 10.9 Å². The molecule has 0 saturated heterocycles. The summed E-state index contributed by atoms with van der Waals surface area (Å²) in [6, 6.07) is 18.3. The largest absolute Gasteiger partial charge is 0.418 e. The summed E-state index contributed by atoms with van der Waals surface area (Å²) in [5.74, 6) is -0.725. The molecule has 4 aromatic rings. The molecule has 0 unspecified atom stereocenters. The fourth-order valence-corrected chi connectivity index (χ4v) is 5.07.